The van der Waals surface area contributed by atoms with Crippen molar-refractivity contribution in [3.05, 3.63) is 0 Å². The third-order valence-corrected chi connectivity index (χ3v) is 5.01. The minimum absolute atomic E-state index is 0.0288. The Labute approximate surface area is 138 Å². The second-order valence-corrected chi connectivity index (χ2v) is 6.86. The van der Waals surface area contributed by atoms with Crippen LogP contribution in [0.15, 0.2) is 0 Å². The quantitative estimate of drug-likeness (QED) is 0.651. The normalized spacial score (nSPS) is 23.7. The summed E-state index contributed by atoms with van der Waals surface area (Å²) in [6, 6.07) is 1.12. The van der Waals surface area contributed by atoms with Crippen LogP contribution in [0.4, 0.5) is 4.79 Å². The van der Waals surface area contributed by atoms with Gasteiger partial charge in [0.05, 0.1) is 6.54 Å². The zero-order valence-electron chi connectivity index (χ0n) is 14.5. The van der Waals surface area contributed by atoms with Gasteiger partial charge >= 0.3 is 12.0 Å². The molecule has 2 aliphatic carbocycles. The summed E-state index contributed by atoms with van der Waals surface area (Å²) >= 11 is 0. The van der Waals surface area contributed by atoms with Crippen molar-refractivity contribution in [2.45, 2.75) is 50.7 Å². The predicted octanol–water partition coefficient (Wildman–Crippen LogP) is 0.660. The Bertz CT molecular complexity index is 422. The van der Waals surface area contributed by atoms with Crippen LogP contribution in [0.3, 0.4) is 0 Å². The summed E-state index contributed by atoms with van der Waals surface area (Å²) in [5.74, 6) is -0.793. The minimum atomic E-state index is -0.793. The fourth-order valence-electron chi connectivity index (χ4n) is 3.07. The van der Waals surface area contributed by atoms with Crippen LogP contribution >= 0.6 is 0 Å². The van der Waals surface area contributed by atoms with Crippen molar-refractivity contribution in [2.75, 3.05) is 40.3 Å². The molecule has 0 spiro atoms. The number of aliphatic carboxylic acids is 1. The van der Waals surface area contributed by atoms with Crippen LogP contribution in [0.25, 0.3) is 0 Å². The summed E-state index contributed by atoms with van der Waals surface area (Å²) in [7, 11) is 3.94. The van der Waals surface area contributed by atoms with Crippen molar-refractivity contribution in [1.29, 1.82) is 0 Å². The van der Waals surface area contributed by atoms with Crippen LogP contribution in [0.1, 0.15) is 32.6 Å². The monoisotopic (exact) mass is 326 g/mol. The first-order chi connectivity index (χ1) is 10.9. The molecule has 2 N–H and O–H groups in total. The van der Waals surface area contributed by atoms with Gasteiger partial charge in [-0.3, -0.25) is 9.69 Å². The first kappa shape index (κ1) is 18.0. The summed E-state index contributed by atoms with van der Waals surface area (Å²) in [6.07, 6.45) is 4.23. The van der Waals surface area contributed by atoms with Crippen molar-refractivity contribution in [1.82, 2.24) is 20.0 Å². The van der Waals surface area contributed by atoms with E-state index in [1.54, 1.807) is 4.90 Å². The smallest absolute Gasteiger partial charge is 0.317 e. The van der Waals surface area contributed by atoms with Crippen molar-refractivity contribution in [2.24, 2.45) is 0 Å². The average Bonchev–Trinajstić information content (AvgIpc) is 3.29. The molecule has 2 saturated carbocycles. The Hall–Kier alpha value is -1.34. The summed E-state index contributed by atoms with van der Waals surface area (Å²) in [6.45, 7) is 4.42. The Morgan fingerprint density at radius 1 is 1.13 bits per heavy atom. The fraction of sp³-hybridized carbons (Fsp3) is 0.875. The zero-order valence-corrected chi connectivity index (χ0v) is 14.5. The standard InChI is InChI=1S/C16H30N4O3/c1-4-20(11-15(21)22)14-9-12(10-14)17-16(23)19(3)8-7-18(2)13-5-6-13/h12-14H,4-11H2,1-3H3,(H,17,23)(H,21,22). The topological polar surface area (TPSA) is 76.1 Å². The maximum Gasteiger partial charge on any atom is 0.317 e. The Balaban J connectivity index is 1.63. The van der Waals surface area contributed by atoms with E-state index in [2.05, 4.69) is 17.3 Å². The van der Waals surface area contributed by atoms with E-state index in [-0.39, 0.29) is 24.7 Å². The van der Waals surface area contributed by atoms with Crippen LogP contribution in [0.5, 0.6) is 0 Å². The van der Waals surface area contributed by atoms with Crippen LogP contribution < -0.4 is 5.32 Å². The summed E-state index contributed by atoms with van der Waals surface area (Å²) < 4.78 is 0. The molecule has 0 aromatic carbocycles. The highest BCUT2D eigenvalue weighted by Gasteiger charge is 2.35. The second kappa shape index (κ2) is 7.97. The molecule has 0 aliphatic heterocycles. The molecule has 7 nitrogen and oxygen atoms in total. The molecule has 0 unspecified atom stereocenters. The molecule has 2 fully saturated rings. The Morgan fingerprint density at radius 3 is 2.30 bits per heavy atom. The molecule has 7 heteroatoms. The lowest BCUT2D eigenvalue weighted by Gasteiger charge is -2.42. The lowest BCUT2D eigenvalue weighted by Crippen LogP contribution is -2.56. The third kappa shape index (κ3) is 5.35. The molecule has 0 atom stereocenters. The maximum atomic E-state index is 12.2. The van der Waals surface area contributed by atoms with Crippen LogP contribution in [-0.2, 0) is 4.79 Å². The Morgan fingerprint density at radius 2 is 1.78 bits per heavy atom. The van der Waals surface area contributed by atoms with E-state index in [4.69, 9.17) is 5.11 Å². The lowest BCUT2D eigenvalue weighted by molar-refractivity contribution is -0.139. The Kier molecular flexibility index (Phi) is 6.24. The molecule has 0 radical (unpaired) electrons. The van der Waals surface area contributed by atoms with E-state index < -0.39 is 5.97 Å². The number of amides is 2. The first-order valence-corrected chi connectivity index (χ1v) is 8.58. The highest BCUT2D eigenvalue weighted by atomic mass is 16.4. The van der Waals surface area contributed by atoms with Gasteiger partial charge in [-0.15, -0.1) is 0 Å². The van der Waals surface area contributed by atoms with Gasteiger partial charge in [-0.25, -0.2) is 4.79 Å². The number of nitrogens with zero attached hydrogens (tertiary/aromatic N) is 3. The van der Waals surface area contributed by atoms with E-state index in [1.165, 1.54) is 12.8 Å². The number of hydrogen-bond acceptors (Lipinski definition) is 4. The second-order valence-electron chi connectivity index (χ2n) is 6.86. The van der Waals surface area contributed by atoms with Gasteiger partial charge in [-0.05, 0) is 39.3 Å². The molecule has 23 heavy (non-hydrogen) atoms. The van der Waals surface area contributed by atoms with Crippen molar-refractivity contribution in [3.8, 4) is 0 Å². The molecule has 0 bridgehead atoms. The largest absolute Gasteiger partial charge is 0.480 e. The number of carbonyl (C=O) groups excluding carboxylic acids is 1. The molecule has 0 heterocycles. The van der Waals surface area contributed by atoms with E-state index in [1.807, 2.05) is 18.9 Å². The van der Waals surface area contributed by atoms with Crippen LogP contribution in [0, 0.1) is 0 Å². The lowest BCUT2D eigenvalue weighted by atomic mass is 9.85. The first-order valence-electron chi connectivity index (χ1n) is 8.58. The number of rotatable bonds is 9. The average molecular weight is 326 g/mol. The zero-order chi connectivity index (χ0) is 17.0. The van der Waals surface area contributed by atoms with E-state index >= 15 is 0 Å². The van der Waals surface area contributed by atoms with Crippen LogP contribution in [-0.4, -0.2) is 90.2 Å². The van der Waals surface area contributed by atoms with Gasteiger partial charge in [-0.1, -0.05) is 6.92 Å². The van der Waals surface area contributed by atoms with Gasteiger partial charge in [-0.2, -0.15) is 0 Å². The van der Waals surface area contributed by atoms with Crippen molar-refractivity contribution < 1.29 is 14.7 Å². The van der Waals surface area contributed by atoms with Crippen LogP contribution in [0.2, 0.25) is 0 Å². The number of carbonyl (C=O) groups is 2. The molecular formula is C16H30N4O3. The SMILES string of the molecule is CCN(CC(=O)O)C1CC(NC(=O)N(C)CCN(C)C2CC2)C1. The molecule has 132 valence electrons. The van der Waals surface area contributed by atoms with Crippen molar-refractivity contribution in [3.63, 3.8) is 0 Å². The van der Waals surface area contributed by atoms with Gasteiger partial charge in [0.2, 0.25) is 0 Å². The van der Waals surface area contributed by atoms with Gasteiger partial charge in [0.1, 0.15) is 0 Å². The molecule has 2 rings (SSSR count). The van der Waals surface area contributed by atoms with E-state index in [9.17, 15) is 9.59 Å². The maximum absolute atomic E-state index is 12.2. The molecule has 2 amide bonds. The van der Waals surface area contributed by atoms with Gasteiger partial charge < -0.3 is 20.2 Å². The molecule has 0 saturated heterocycles. The number of urea groups is 1. The number of carboxylic acids is 1. The highest BCUT2D eigenvalue weighted by Crippen LogP contribution is 2.26. The van der Waals surface area contributed by atoms with Crippen molar-refractivity contribution >= 4 is 12.0 Å². The van der Waals surface area contributed by atoms with E-state index in [0.717, 1.165) is 32.5 Å². The third-order valence-electron chi connectivity index (χ3n) is 5.01. The predicted molar refractivity (Wildman–Crippen MR) is 88.5 cm³/mol. The number of carboxylic acid groups (broad SMARTS) is 1. The highest BCUT2D eigenvalue weighted by molar-refractivity contribution is 5.74. The summed E-state index contributed by atoms with van der Waals surface area (Å²) in [5.41, 5.74) is 0. The molecule has 0 aromatic rings. The molecule has 2 aliphatic rings. The number of hydrogen-bond donors (Lipinski definition) is 2. The summed E-state index contributed by atoms with van der Waals surface area (Å²) in [5, 5.41) is 11.9. The molecular weight excluding hydrogens is 296 g/mol. The fourth-order valence-corrected chi connectivity index (χ4v) is 3.07. The number of likely N-dealkylation sites (N-methyl/N-ethyl adjacent to an activating group) is 3. The minimum Gasteiger partial charge on any atom is -0.480 e. The van der Waals surface area contributed by atoms with Gasteiger partial charge in [0, 0.05) is 38.3 Å². The van der Waals surface area contributed by atoms with Gasteiger partial charge in [0.15, 0.2) is 0 Å². The summed E-state index contributed by atoms with van der Waals surface area (Å²) in [4.78, 5) is 29.0. The number of nitrogens with one attached hydrogen (secondary N) is 1. The molecule has 0 aromatic heterocycles. The van der Waals surface area contributed by atoms with E-state index in [0.29, 0.717) is 6.04 Å². The van der Waals surface area contributed by atoms with Gasteiger partial charge in [0.25, 0.3) is 0 Å².